The van der Waals surface area contributed by atoms with Crippen LogP contribution < -0.4 is 4.48 Å². The Morgan fingerprint density at radius 1 is 1.24 bits per heavy atom. The maximum atomic E-state index is 12.2. The second-order valence-corrected chi connectivity index (χ2v) is 5.43. The van der Waals surface area contributed by atoms with E-state index in [9.17, 15) is 4.79 Å². The summed E-state index contributed by atoms with van der Waals surface area (Å²) in [7, 11) is 1.84. The monoisotopic (exact) mass is 232 g/mol. The zero-order valence-corrected chi connectivity index (χ0v) is 10.7. The Morgan fingerprint density at radius 3 is 2.53 bits per heavy atom. The van der Waals surface area contributed by atoms with E-state index in [4.69, 9.17) is 4.74 Å². The Labute approximate surface area is 102 Å². The average Bonchev–Trinajstić information content (AvgIpc) is 2.56. The lowest BCUT2D eigenvalue weighted by Crippen LogP contribution is -2.47. The van der Waals surface area contributed by atoms with E-state index in [1.54, 1.807) is 0 Å². The third-order valence-electron chi connectivity index (χ3n) is 2.76. The van der Waals surface area contributed by atoms with Gasteiger partial charge in [-0.2, -0.15) is 9.28 Å². The summed E-state index contributed by atoms with van der Waals surface area (Å²) in [5.41, 5.74) is 1.56. The predicted molar refractivity (Wildman–Crippen MR) is 69.4 cm³/mol. The number of carbonyl (C=O) groups excluding carboxylic acids is 1. The number of carbonyl (C=O) groups is 1. The normalized spacial score (nSPS) is 22.4. The second kappa shape index (κ2) is 3.70. The molecule has 1 amide bonds. The first-order chi connectivity index (χ1) is 7.83. The second-order valence-electron chi connectivity index (χ2n) is 5.43. The van der Waals surface area contributed by atoms with Crippen molar-refractivity contribution in [3.05, 3.63) is 36.0 Å². The van der Waals surface area contributed by atoms with E-state index >= 15 is 0 Å². The molecule has 90 valence electrons. The van der Waals surface area contributed by atoms with Crippen LogP contribution in [0.5, 0.6) is 0 Å². The lowest BCUT2D eigenvalue weighted by Gasteiger charge is -2.27. The molecule has 1 aromatic rings. The van der Waals surface area contributed by atoms with Gasteiger partial charge in [-0.3, -0.25) is 0 Å². The fourth-order valence-corrected chi connectivity index (χ4v) is 1.88. The van der Waals surface area contributed by atoms with Gasteiger partial charge in [0.25, 0.3) is 0 Å². The highest BCUT2D eigenvalue weighted by molar-refractivity contribution is 5.91. The fraction of sp³-hybridized carbons (Fsp3) is 0.357. The number of ether oxygens (including phenoxy) is 1. The summed E-state index contributed by atoms with van der Waals surface area (Å²) in [4.78, 5) is 12.2. The number of fused-ring (bicyclic) bond motifs is 1. The van der Waals surface area contributed by atoms with E-state index in [-0.39, 0.29) is 10.6 Å². The number of hydrogen-bond acceptors (Lipinski definition) is 2. The Bertz CT molecular complexity index is 485. The molecular formula is C14H18NO2+. The van der Waals surface area contributed by atoms with Crippen molar-refractivity contribution >= 4 is 17.9 Å². The van der Waals surface area contributed by atoms with Crippen molar-refractivity contribution in [2.24, 2.45) is 0 Å². The van der Waals surface area contributed by atoms with Crippen molar-refractivity contribution in [3.63, 3.8) is 0 Å². The molecule has 1 heterocycles. The smallest absolute Gasteiger partial charge is 0.414 e. The molecule has 0 aromatic heterocycles. The van der Waals surface area contributed by atoms with Gasteiger partial charge in [0.2, 0.25) is 0 Å². The molecule has 3 nitrogen and oxygen atoms in total. The molecule has 1 unspecified atom stereocenters. The minimum absolute atomic E-state index is 0.0768. The third kappa shape index (κ3) is 2.11. The standard InChI is InChI=1S/C14H18NO2/c1-14(2,3)17-13(16)15(4)10-9-11-7-5-6-8-12(11)15/h5-10H,1-4H3/q+1. The zero-order valence-electron chi connectivity index (χ0n) is 10.7. The lowest BCUT2D eigenvalue weighted by molar-refractivity contribution is 0.0383. The lowest BCUT2D eigenvalue weighted by atomic mass is 10.2. The maximum Gasteiger partial charge on any atom is 0.526 e. The zero-order chi connectivity index (χ0) is 12.7. The first-order valence-electron chi connectivity index (χ1n) is 5.71. The molecule has 1 aromatic carbocycles. The predicted octanol–water partition coefficient (Wildman–Crippen LogP) is 3.54. The van der Waals surface area contributed by atoms with Gasteiger partial charge in [0.1, 0.15) is 11.8 Å². The molecule has 0 saturated heterocycles. The van der Waals surface area contributed by atoms with Gasteiger partial charge in [0.15, 0.2) is 5.69 Å². The fourth-order valence-electron chi connectivity index (χ4n) is 1.88. The quantitative estimate of drug-likeness (QED) is 0.639. The molecule has 1 atom stereocenters. The van der Waals surface area contributed by atoms with Gasteiger partial charge in [-0.25, -0.2) is 0 Å². The number of amides is 1. The Kier molecular flexibility index (Phi) is 2.59. The van der Waals surface area contributed by atoms with Gasteiger partial charge in [0, 0.05) is 17.7 Å². The van der Waals surface area contributed by atoms with Crippen molar-refractivity contribution in [2.75, 3.05) is 7.05 Å². The Balaban J connectivity index is 2.34. The number of quaternary nitrogens is 1. The van der Waals surface area contributed by atoms with Crippen molar-refractivity contribution < 1.29 is 9.53 Å². The molecule has 0 aliphatic carbocycles. The van der Waals surface area contributed by atoms with E-state index in [0.29, 0.717) is 0 Å². The first kappa shape index (κ1) is 11.9. The van der Waals surface area contributed by atoms with Crippen LogP contribution in [-0.2, 0) is 4.74 Å². The van der Waals surface area contributed by atoms with Gasteiger partial charge in [-0.15, -0.1) is 0 Å². The van der Waals surface area contributed by atoms with Gasteiger partial charge >= 0.3 is 6.09 Å². The number of hydrogen-bond donors (Lipinski definition) is 0. The molecular weight excluding hydrogens is 214 g/mol. The van der Waals surface area contributed by atoms with Crippen LogP contribution in [0, 0.1) is 0 Å². The first-order valence-corrected chi connectivity index (χ1v) is 5.71. The molecule has 0 N–H and O–H groups in total. The van der Waals surface area contributed by atoms with Crippen molar-refractivity contribution in [3.8, 4) is 0 Å². The SMILES string of the molecule is CC(C)(C)OC(=O)[N+]1(C)C=Cc2ccccc21. The van der Waals surface area contributed by atoms with E-state index < -0.39 is 5.60 Å². The van der Waals surface area contributed by atoms with Crippen molar-refractivity contribution in [2.45, 2.75) is 26.4 Å². The van der Waals surface area contributed by atoms with E-state index in [2.05, 4.69) is 0 Å². The highest BCUT2D eigenvalue weighted by Gasteiger charge is 2.41. The molecule has 0 bridgehead atoms. The van der Waals surface area contributed by atoms with Gasteiger partial charge in [0.05, 0.1) is 7.05 Å². The molecule has 2 rings (SSSR count). The van der Waals surface area contributed by atoms with E-state index in [0.717, 1.165) is 11.3 Å². The average molecular weight is 232 g/mol. The van der Waals surface area contributed by atoms with Crippen LogP contribution in [0.15, 0.2) is 30.5 Å². The Morgan fingerprint density at radius 2 is 1.88 bits per heavy atom. The van der Waals surface area contributed by atoms with Gasteiger partial charge < -0.3 is 4.74 Å². The molecule has 1 aliphatic heterocycles. The highest BCUT2D eigenvalue weighted by Crippen LogP contribution is 2.35. The van der Waals surface area contributed by atoms with E-state index in [1.165, 1.54) is 0 Å². The summed E-state index contributed by atoms with van der Waals surface area (Å²) >= 11 is 0. The number of nitrogens with zero attached hydrogens (tertiary/aromatic N) is 1. The molecule has 1 aliphatic rings. The van der Waals surface area contributed by atoms with Gasteiger partial charge in [-0.1, -0.05) is 12.1 Å². The third-order valence-corrected chi connectivity index (χ3v) is 2.76. The minimum Gasteiger partial charge on any atom is -0.414 e. The van der Waals surface area contributed by atoms with Crippen LogP contribution in [0.25, 0.3) is 6.08 Å². The van der Waals surface area contributed by atoms with Crippen molar-refractivity contribution in [1.29, 1.82) is 0 Å². The number of benzene rings is 1. The van der Waals surface area contributed by atoms with Crippen LogP contribution in [-0.4, -0.2) is 18.7 Å². The minimum atomic E-state index is -0.469. The summed E-state index contributed by atoms with van der Waals surface area (Å²) < 4.78 is 5.54. The maximum absolute atomic E-state index is 12.2. The highest BCUT2D eigenvalue weighted by atomic mass is 16.6. The largest absolute Gasteiger partial charge is 0.526 e. The molecule has 3 heteroatoms. The topological polar surface area (TPSA) is 26.3 Å². The van der Waals surface area contributed by atoms with Crippen molar-refractivity contribution in [1.82, 2.24) is 4.48 Å². The summed E-state index contributed by atoms with van der Waals surface area (Å²) in [5.74, 6) is 0. The summed E-state index contributed by atoms with van der Waals surface area (Å²) in [6.07, 6.45) is 3.57. The Hall–Kier alpha value is -1.61. The summed E-state index contributed by atoms with van der Waals surface area (Å²) in [5, 5.41) is 0. The van der Waals surface area contributed by atoms with Crippen LogP contribution in [0.3, 0.4) is 0 Å². The van der Waals surface area contributed by atoms with Gasteiger partial charge in [-0.05, 0) is 26.8 Å². The molecule has 0 spiro atoms. The summed E-state index contributed by atoms with van der Waals surface area (Å²) in [6.45, 7) is 5.63. The van der Waals surface area contributed by atoms with Crippen LogP contribution in [0.4, 0.5) is 10.5 Å². The molecule has 0 saturated carbocycles. The molecule has 0 radical (unpaired) electrons. The van der Waals surface area contributed by atoms with Crippen LogP contribution in [0.1, 0.15) is 26.3 Å². The number of para-hydroxylation sites is 1. The molecule has 17 heavy (non-hydrogen) atoms. The molecule has 0 fully saturated rings. The van der Waals surface area contributed by atoms with Crippen LogP contribution >= 0.6 is 0 Å². The summed E-state index contributed by atoms with van der Waals surface area (Å²) in [6, 6.07) is 7.86. The number of rotatable bonds is 0. The van der Waals surface area contributed by atoms with Crippen LogP contribution in [0.2, 0.25) is 0 Å². The van der Waals surface area contributed by atoms with E-state index in [1.807, 2.05) is 64.4 Å².